The predicted molar refractivity (Wildman–Crippen MR) is 98.0 cm³/mol. The van der Waals surface area contributed by atoms with E-state index in [1.54, 1.807) is 37.3 Å². The lowest BCUT2D eigenvalue weighted by molar-refractivity contribution is -0.111. The van der Waals surface area contributed by atoms with E-state index in [-0.39, 0.29) is 5.75 Å². The molecule has 3 rings (SSSR count). The summed E-state index contributed by atoms with van der Waals surface area (Å²) in [6.07, 6.45) is 2.84. The van der Waals surface area contributed by atoms with Gasteiger partial charge in [0.1, 0.15) is 11.3 Å². The molecule has 0 aliphatic heterocycles. The van der Waals surface area contributed by atoms with E-state index in [4.69, 9.17) is 4.42 Å². The van der Waals surface area contributed by atoms with Crippen molar-refractivity contribution in [2.75, 3.05) is 5.32 Å². The van der Waals surface area contributed by atoms with E-state index in [1.165, 1.54) is 30.4 Å². The first-order valence-corrected chi connectivity index (χ1v) is 7.99. The lowest BCUT2D eigenvalue weighted by Crippen LogP contribution is -2.08. The second-order valence-corrected chi connectivity index (χ2v) is 5.73. The number of hydrogen-bond donors (Lipinski definition) is 1. The molecule has 5 nitrogen and oxygen atoms in total. The standard InChI is InChI=1S/C20H15F2NO4/c1-12-10-19(25)27-17-11-14(5-8-16(12)17)23-18(24)9-4-13-2-6-15(7-3-13)26-20(21)22/h2-11,20H,1H3,(H,23,24)/b9-4+. The van der Waals surface area contributed by atoms with Gasteiger partial charge in [0.15, 0.2) is 0 Å². The smallest absolute Gasteiger partial charge is 0.387 e. The van der Waals surface area contributed by atoms with Gasteiger partial charge >= 0.3 is 12.2 Å². The highest BCUT2D eigenvalue weighted by Crippen LogP contribution is 2.21. The number of anilines is 1. The summed E-state index contributed by atoms with van der Waals surface area (Å²) in [5.41, 5.74) is 1.84. The Kier molecular flexibility index (Phi) is 5.30. The molecule has 1 heterocycles. The van der Waals surface area contributed by atoms with Crippen LogP contribution < -0.4 is 15.7 Å². The largest absolute Gasteiger partial charge is 0.435 e. The first-order chi connectivity index (χ1) is 12.9. The zero-order valence-corrected chi connectivity index (χ0v) is 14.2. The van der Waals surface area contributed by atoms with E-state index in [0.29, 0.717) is 16.8 Å². The molecule has 138 valence electrons. The van der Waals surface area contributed by atoms with Crippen LogP contribution in [0.5, 0.6) is 5.75 Å². The molecule has 0 fully saturated rings. The van der Waals surface area contributed by atoms with Crippen LogP contribution in [0.1, 0.15) is 11.1 Å². The lowest BCUT2D eigenvalue weighted by atomic mass is 10.1. The SMILES string of the molecule is Cc1cc(=O)oc2cc(NC(=O)/C=C/c3ccc(OC(F)F)cc3)ccc12. The molecule has 0 atom stereocenters. The van der Waals surface area contributed by atoms with Gasteiger partial charge in [0.2, 0.25) is 5.91 Å². The maximum Gasteiger partial charge on any atom is 0.387 e. The zero-order chi connectivity index (χ0) is 19.4. The third-order valence-corrected chi connectivity index (χ3v) is 3.75. The molecule has 0 unspecified atom stereocenters. The fourth-order valence-electron chi connectivity index (χ4n) is 2.52. The van der Waals surface area contributed by atoms with Crippen LogP contribution in [0.15, 0.2) is 63.8 Å². The number of hydrogen-bond acceptors (Lipinski definition) is 4. The summed E-state index contributed by atoms with van der Waals surface area (Å²) in [6, 6.07) is 12.3. The Balaban J connectivity index is 1.69. The third-order valence-electron chi connectivity index (χ3n) is 3.75. The van der Waals surface area contributed by atoms with Crippen LogP contribution in [0.3, 0.4) is 0 Å². The summed E-state index contributed by atoms with van der Waals surface area (Å²) < 4.78 is 33.6. The molecule has 0 spiro atoms. The Labute approximate surface area is 152 Å². The molecule has 0 saturated heterocycles. The van der Waals surface area contributed by atoms with Gasteiger partial charge in [-0.2, -0.15) is 8.78 Å². The van der Waals surface area contributed by atoms with Crippen LogP contribution in [-0.4, -0.2) is 12.5 Å². The van der Waals surface area contributed by atoms with Crippen molar-refractivity contribution in [3.63, 3.8) is 0 Å². The van der Waals surface area contributed by atoms with Crippen molar-refractivity contribution in [2.24, 2.45) is 0 Å². The molecular weight excluding hydrogens is 356 g/mol. The number of nitrogens with one attached hydrogen (secondary N) is 1. The van der Waals surface area contributed by atoms with Gasteiger partial charge in [-0.15, -0.1) is 0 Å². The topological polar surface area (TPSA) is 68.5 Å². The molecular formula is C20H15F2NO4. The summed E-state index contributed by atoms with van der Waals surface area (Å²) in [5, 5.41) is 3.46. The number of alkyl halides is 2. The van der Waals surface area contributed by atoms with E-state index in [2.05, 4.69) is 10.1 Å². The van der Waals surface area contributed by atoms with Crippen LogP contribution >= 0.6 is 0 Å². The molecule has 1 aromatic heterocycles. The zero-order valence-electron chi connectivity index (χ0n) is 14.2. The van der Waals surface area contributed by atoms with E-state index in [9.17, 15) is 18.4 Å². The number of carbonyl (C=O) groups is 1. The van der Waals surface area contributed by atoms with Crippen molar-refractivity contribution >= 4 is 28.6 Å². The van der Waals surface area contributed by atoms with Gasteiger partial charge in [0.05, 0.1) is 0 Å². The molecule has 0 radical (unpaired) electrons. The Bertz CT molecular complexity index is 1060. The van der Waals surface area contributed by atoms with Crippen molar-refractivity contribution in [1.29, 1.82) is 0 Å². The highest BCUT2D eigenvalue weighted by atomic mass is 19.3. The molecule has 0 aliphatic rings. The summed E-state index contributed by atoms with van der Waals surface area (Å²) in [5.74, 6) is -0.350. The third kappa shape index (κ3) is 4.78. The molecule has 2 aromatic carbocycles. The van der Waals surface area contributed by atoms with Crippen LogP contribution in [0.25, 0.3) is 17.0 Å². The Morgan fingerprint density at radius 2 is 1.89 bits per heavy atom. The second-order valence-electron chi connectivity index (χ2n) is 5.73. The van der Waals surface area contributed by atoms with Crippen molar-refractivity contribution in [1.82, 2.24) is 0 Å². The predicted octanol–water partition coefficient (Wildman–Crippen LogP) is 4.35. The summed E-state index contributed by atoms with van der Waals surface area (Å²) in [7, 11) is 0. The fourth-order valence-corrected chi connectivity index (χ4v) is 2.52. The van der Waals surface area contributed by atoms with Crippen molar-refractivity contribution in [3.05, 3.63) is 76.2 Å². The first kappa shape index (κ1) is 18.3. The molecule has 0 bridgehead atoms. The molecule has 3 aromatic rings. The van der Waals surface area contributed by atoms with Crippen LogP contribution in [-0.2, 0) is 4.79 Å². The van der Waals surface area contributed by atoms with Gasteiger partial charge in [-0.05, 0) is 48.4 Å². The van der Waals surface area contributed by atoms with Gasteiger partial charge in [0.25, 0.3) is 0 Å². The molecule has 1 N–H and O–H groups in total. The molecule has 0 aliphatic carbocycles. The first-order valence-electron chi connectivity index (χ1n) is 7.99. The monoisotopic (exact) mass is 371 g/mol. The van der Waals surface area contributed by atoms with E-state index >= 15 is 0 Å². The minimum absolute atomic E-state index is 0.0413. The fraction of sp³-hybridized carbons (Fsp3) is 0.100. The van der Waals surface area contributed by atoms with Gasteiger partial charge in [-0.25, -0.2) is 4.79 Å². The number of benzene rings is 2. The van der Waals surface area contributed by atoms with Gasteiger partial charge < -0.3 is 14.5 Å². The normalized spacial score (nSPS) is 11.3. The van der Waals surface area contributed by atoms with Gasteiger partial charge in [-0.3, -0.25) is 4.79 Å². The average Bonchev–Trinajstić information content (AvgIpc) is 2.60. The van der Waals surface area contributed by atoms with E-state index < -0.39 is 18.1 Å². The summed E-state index contributed by atoms with van der Waals surface area (Å²) in [6.45, 7) is -1.08. The number of aryl methyl sites for hydroxylation is 1. The number of carbonyl (C=O) groups excluding carboxylic acids is 1. The van der Waals surface area contributed by atoms with E-state index in [0.717, 1.165) is 10.9 Å². The lowest BCUT2D eigenvalue weighted by Gasteiger charge is -2.05. The quantitative estimate of drug-likeness (QED) is 0.535. The van der Waals surface area contributed by atoms with Crippen LogP contribution in [0.2, 0.25) is 0 Å². The minimum Gasteiger partial charge on any atom is -0.435 e. The number of halogens is 2. The molecule has 7 heteroatoms. The molecule has 1 amide bonds. The highest BCUT2D eigenvalue weighted by molar-refractivity contribution is 6.02. The average molecular weight is 371 g/mol. The minimum atomic E-state index is -2.88. The second kappa shape index (κ2) is 7.82. The number of rotatable bonds is 5. The van der Waals surface area contributed by atoms with E-state index in [1.807, 2.05) is 0 Å². The number of fused-ring (bicyclic) bond motifs is 1. The van der Waals surface area contributed by atoms with Crippen LogP contribution in [0.4, 0.5) is 14.5 Å². The molecule has 27 heavy (non-hydrogen) atoms. The van der Waals surface area contributed by atoms with Crippen molar-refractivity contribution in [2.45, 2.75) is 13.5 Å². The Hall–Kier alpha value is -3.48. The molecule has 0 saturated carbocycles. The maximum atomic E-state index is 12.1. The Morgan fingerprint density at radius 3 is 2.59 bits per heavy atom. The van der Waals surface area contributed by atoms with Crippen LogP contribution in [0, 0.1) is 6.92 Å². The number of ether oxygens (including phenoxy) is 1. The van der Waals surface area contributed by atoms with Crippen molar-refractivity contribution < 1.29 is 22.7 Å². The maximum absolute atomic E-state index is 12.1. The number of amides is 1. The summed E-state index contributed by atoms with van der Waals surface area (Å²) >= 11 is 0. The summed E-state index contributed by atoms with van der Waals surface area (Å²) in [4.78, 5) is 23.5. The highest BCUT2D eigenvalue weighted by Gasteiger charge is 2.05. The van der Waals surface area contributed by atoms with Gasteiger partial charge in [-0.1, -0.05) is 12.1 Å². The Morgan fingerprint density at radius 1 is 1.15 bits per heavy atom. The van der Waals surface area contributed by atoms with Gasteiger partial charge in [0, 0.05) is 29.3 Å². The van der Waals surface area contributed by atoms with Crippen molar-refractivity contribution in [3.8, 4) is 5.75 Å².